The van der Waals surface area contributed by atoms with Crippen molar-refractivity contribution in [1.82, 2.24) is 15.1 Å². The van der Waals surface area contributed by atoms with Crippen molar-refractivity contribution >= 4 is 28.2 Å². The number of carbonyl (C=O) groups is 1. The van der Waals surface area contributed by atoms with Gasteiger partial charge in [-0.15, -0.1) is 12.4 Å². The van der Waals surface area contributed by atoms with E-state index < -0.39 is 9.84 Å². The molecule has 0 aromatic rings. The molecule has 0 radical (unpaired) electrons. The minimum absolute atomic E-state index is 0. The Hall–Kier alpha value is -0.370. The lowest BCUT2D eigenvalue weighted by molar-refractivity contribution is -0.132. The molecule has 1 saturated heterocycles. The zero-order chi connectivity index (χ0) is 15.2. The molecule has 0 spiro atoms. The summed E-state index contributed by atoms with van der Waals surface area (Å²) in [6.07, 6.45) is 0.451. The van der Waals surface area contributed by atoms with Crippen molar-refractivity contribution in [3.63, 3.8) is 0 Å². The molecule has 0 bridgehead atoms. The van der Waals surface area contributed by atoms with E-state index in [1.54, 1.807) is 6.92 Å². The first-order valence-corrected chi connectivity index (χ1v) is 9.07. The molecule has 8 heteroatoms. The van der Waals surface area contributed by atoms with Gasteiger partial charge in [-0.05, 0) is 14.0 Å². The fourth-order valence-corrected chi connectivity index (χ4v) is 3.40. The van der Waals surface area contributed by atoms with Gasteiger partial charge in [-0.3, -0.25) is 4.79 Å². The van der Waals surface area contributed by atoms with Gasteiger partial charge >= 0.3 is 0 Å². The van der Waals surface area contributed by atoms with Crippen LogP contribution in [0.15, 0.2) is 0 Å². The van der Waals surface area contributed by atoms with Crippen molar-refractivity contribution in [1.29, 1.82) is 0 Å². The van der Waals surface area contributed by atoms with Crippen molar-refractivity contribution in [2.45, 2.75) is 26.3 Å². The maximum atomic E-state index is 12.0. The highest BCUT2D eigenvalue weighted by Crippen LogP contribution is 2.04. The van der Waals surface area contributed by atoms with Crippen LogP contribution in [0, 0.1) is 0 Å². The van der Waals surface area contributed by atoms with Crippen LogP contribution in [0.25, 0.3) is 0 Å². The topological polar surface area (TPSA) is 69.7 Å². The average Bonchev–Trinajstić information content (AvgIpc) is 2.44. The Bertz CT molecular complexity index is 411. The van der Waals surface area contributed by atoms with Crippen LogP contribution in [-0.2, 0) is 14.6 Å². The monoisotopic (exact) mass is 341 g/mol. The molecule has 126 valence electrons. The number of rotatable bonds is 7. The van der Waals surface area contributed by atoms with E-state index in [1.807, 2.05) is 23.8 Å². The summed E-state index contributed by atoms with van der Waals surface area (Å²) in [6.45, 7) is 7.39. The Morgan fingerprint density at radius 1 is 1.33 bits per heavy atom. The summed E-state index contributed by atoms with van der Waals surface area (Å²) in [5.41, 5.74) is 0. The molecule has 0 aromatic heterocycles. The van der Waals surface area contributed by atoms with Crippen molar-refractivity contribution in [3.8, 4) is 0 Å². The molecule has 1 heterocycles. The molecule has 1 rings (SSSR count). The largest absolute Gasteiger partial charge is 0.340 e. The summed E-state index contributed by atoms with van der Waals surface area (Å²) < 4.78 is 23.2. The van der Waals surface area contributed by atoms with Crippen molar-refractivity contribution in [2.75, 3.05) is 51.3 Å². The lowest BCUT2D eigenvalue weighted by Crippen LogP contribution is -2.47. The quantitative estimate of drug-likeness (QED) is 0.705. The summed E-state index contributed by atoms with van der Waals surface area (Å²) in [7, 11) is -1.09. The molecular weight excluding hydrogens is 314 g/mol. The fourth-order valence-electron chi connectivity index (χ4n) is 2.18. The van der Waals surface area contributed by atoms with E-state index in [2.05, 4.69) is 5.32 Å². The van der Waals surface area contributed by atoms with Gasteiger partial charge in [-0.2, -0.15) is 0 Å². The summed E-state index contributed by atoms with van der Waals surface area (Å²) in [6, 6.07) is -0.0595. The Kier molecular flexibility index (Phi) is 9.44. The third kappa shape index (κ3) is 7.44. The van der Waals surface area contributed by atoms with E-state index in [4.69, 9.17) is 0 Å². The minimum Gasteiger partial charge on any atom is -0.340 e. The lowest BCUT2D eigenvalue weighted by Gasteiger charge is -2.29. The molecule has 0 saturated carbocycles. The Morgan fingerprint density at radius 3 is 2.43 bits per heavy atom. The van der Waals surface area contributed by atoms with Crippen LogP contribution in [0.5, 0.6) is 0 Å². The van der Waals surface area contributed by atoms with E-state index >= 15 is 0 Å². The van der Waals surface area contributed by atoms with E-state index in [0.29, 0.717) is 13.0 Å². The molecule has 0 aromatic carbocycles. The van der Waals surface area contributed by atoms with Crippen molar-refractivity contribution in [3.05, 3.63) is 0 Å². The highest BCUT2D eigenvalue weighted by molar-refractivity contribution is 7.91. The zero-order valence-electron chi connectivity index (χ0n) is 13.2. The Balaban J connectivity index is 0.00000400. The first-order valence-electron chi connectivity index (χ1n) is 7.25. The summed E-state index contributed by atoms with van der Waals surface area (Å²) in [5.74, 6) is 0.482. The van der Waals surface area contributed by atoms with Crippen LogP contribution in [-0.4, -0.2) is 81.4 Å². The van der Waals surface area contributed by atoms with E-state index in [-0.39, 0.29) is 35.9 Å². The number of sulfone groups is 1. The van der Waals surface area contributed by atoms with Gasteiger partial charge in [0.2, 0.25) is 5.91 Å². The van der Waals surface area contributed by atoms with E-state index in [9.17, 15) is 13.2 Å². The SMILES string of the molecule is CCS(=O)(=O)CC(C)N(C)CCC(=O)N1CCNCC1.Cl. The molecule has 1 atom stereocenters. The van der Waals surface area contributed by atoms with Crippen LogP contribution in [0.1, 0.15) is 20.3 Å². The van der Waals surface area contributed by atoms with Gasteiger partial charge in [0.1, 0.15) is 0 Å². The number of carbonyl (C=O) groups excluding carboxylic acids is 1. The third-order valence-corrected chi connectivity index (χ3v) is 5.71. The molecule has 1 unspecified atom stereocenters. The lowest BCUT2D eigenvalue weighted by atomic mass is 10.2. The summed E-state index contributed by atoms with van der Waals surface area (Å²) in [5, 5.41) is 3.21. The van der Waals surface area contributed by atoms with Gasteiger partial charge in [-0.25, -0.2) is 8.42 Å². The second-order valence-electron chi connectivity index (χ2n) is 5.41. The van der Waals surface area contributed by atoms with Gasteiger partial charge in [0, 0.05) is 50.9 Å². The Labute approximate surface area is 134 Å². The number of nitrogens with zero attached hydrogens (tertiary/aromatic N) is 2. The van der Waals surface area contributed by atoms with Gasteiger partial charge in [-0.1, -0.05) is 6.92 Å². The third-order valence-electron chi connectivity index (χ3n) is 3.84. The normalized spacial score (nSPS) is 17.4. The number of nitrogens with one attached hydrogen (secondary N) is 1. The summed E-state index contributed by atoms with van der Waals surface area (Å²) in [4.78, 5) is 15.8. The van der Waals surface area contributed by atoms with E-state index in [1.165, 1.54) is 0 Å². The maximum Gasteiger partial charge on any atom is 0.223 e. The number of halogens is 1. The van der Waals surface area contributed by atoms with Crippen LogP contribution < -0.4 is 5.32 Å². The predicted octanol–water partition coefficient (Wildman–Crippen LogP) is -0.0149. The number of amides is 1. The standard InChI is InChI=1S/C13H27N3O3S.ClH/c1-4-20(18,19)11-12(2)15(3)8-5-13(17)16-9-6-14-7-10-16;/h12,14H,4-11H2,1-3H3;1H. The number of piperazine rings is 1. The molecule has 1 amide bonds. The van der Waals surface area contributed by atoms with E-state index in [0.717, 1.165) is 26.2 Å². The molecule has 1 aliphatic rings. The van der Waals surface area contributed by atoms with Crippen LogP contribution in [0.4, 0.5) is 0 Å². The molecule has 1 fully saturated rings. The van der Waals surface area contributed by atoms with Gasteiger partial charge < -0.3 is 15.1 Å². The highest BCUT2D eigenvalue weighted by Gasteiger charge is 2.20. The minimum atomic E-state index is -2.97. The van der Waals surface area contributed by atoms with Gasteiger partial charge in [0.05, 0.1) is 5.75 Å². The molecular formula is C13H28ClN3O3S. The maximum absolute atomic E-state index is 12.0. The van der Waals surface area contributed by atoms with Crippen molar-refractivity contribution in [2.24, 2.45) is 0 Å². The molecule has 1 N–H and O–H groups in total. The highest BCUT2D eigenvalue weighted by atomic mass is 35.5. The van der Waals surface area contributed by atoms with Gasteiger partial charge in [0.25, 0.3) is 0 Å². The smallest absolute Gasteiger partial charge is 0.223 e. The zero-order valence-corrected chi connectivity index (χ0v) is 14.8. The number of hydrogen-bond acceptors (Lipinski definition) is 5. The van der Waals surface area contributed by atoms with Crippen molar-refractivity contribution < 1.29 is 13.2 Å². The van der Waals surface area contributed by atoms with Gasteiger partial charge in [0.15, 0.2) is 9.84 Å². The van der Waals surface area contributed by atoms with Crippen LogP contribution in [0.3, 0.4) is 0 Å². The molecule has 6 nitrogen and oxygen atoms in total. The summed E-state index contributed by atoms with van der Waals surface area (Å²) >= 11 is 0. The second kappa shape index (κ2) is 9.61. The molecule has 0 aliphatic carbocycles. The second-order valence-corrected chi connectivity index (χ2v) is 7.81. The fraction of sp³-hybridized carbons (Fsp3) is 0.923. The molecule has 1 aliphatic heterocycles. The van der Waals surface area contributed by atoms with Crippen LogP contribution in [0.2, 0.25) is 0 Å². The Morgan fingerprint density at radius 2 is 1.90 bits per heavy atom. The predicted molar refractivity (Wildman–Crippen MR) is 87.7 cm³/mol. The van der Waals surface area contributed by atoms with Crippen LogP contribution >= 0.6 is 12.4 Å². The molecule has 21 heavy (non-hydrogen) atoms. The number of hydrogen-bond donors (Lipinski definition) is 1. The first-order chi connectivity index (χ1) is 9.35. The first kappa shape index (κ1) is 20.6. The average molecular weight is 342 g/mol.